The smallest absolute Gasteiger partial charge is 0.0974 e. The molecule has 0 radical (unpaired) electrons. The topological polar surface area (TPSA) is 47.9 Å². The van der Waals surface area contributed by atoms with Crippen LogP contribution in [0.2, 0.25) is 0 Å². The maximum absolute atomic E-state index is 10.9. The highest BCUT2D eigenvalue weighted by atomic mass is 32.2. The zero-order chi connectivity index (χ0) is 20.3. The van der Waals surface area contributed by atoms with Gasteiger partial charge in [0.2, 0.25) is 0 Å². The van der Waals surface area contributed by atoms with Gasteiger partial charge in [-0.15, -0.1) is 0 Å². The summed E-state index contributed by atoms with van der Waals surface area (Å²) in [5.74, 6) is 0. The van der Waals surface area contributed by atoms with E-state index in [1.54, 1.807) is 18.9 Å². The number of benzene rings is 2. The van der Waals surface area contributed by atoms with Crippen LogP contribution in [0.5, 0.6) is 0 Å². The monoisotopic (exact) mass is 414 g/mol. The average Bonchev–Trinajstić information content (AvgIpc) is 2.75. The second-order valence-electron chi connectivity index (χ2n) is 8.13. The van der Waals surface area contributed by atoms with E-state index in [1.165, 1.54) is 10.5 Å². The summed E-state index contributed by atoms with van der Waals surface area (Å²) >= 11 is 1.74. The van der Waals surface area contributed by atoms with Crippen LogP contribution < -0.4 is 0 Å². The Morgan fingerprint density at radius 2 is 1.72 bits per heavy atom. The molecule has 2 aromatic carbocycles. The fourth-order valence-electron chi connectivity index (χ4n) is 4.43. The van der Waals surface area contributed by atoms with E-state index < -0.39 is 5.60 Å². The molecule has 2 fully saturated rings. The summed E-state index contributed by atoms with van der Waals surface area (Å²) in [5.41, 5.74) is 1.16. The van der Waals surface area contributed by atoms with E-state index in [9.17, 15) is 5.11 Å². The minimum atomic E-state index is -0.758. The minimum Gasteiger partial charge on any atom is -0.385 e. The van der Waals surface area contributed by atoms with E-state index in [2.05, 4.69) is 43.3 Å². The molecule has 1 N–H and O–H groups in total. The first-order chi connectivity index (χ1) is 14.0. The van der Waals surface area contributed by atoms with Crippen molar-refractivity contribution in [2.45, 2.75) is 59.7 Å². The lowest BCUT2D eigenvalue weighted by molar-refractivity contribution is -0.122. The molecule has 2 aromatic rings. The van der Waals surface area contributed by atoms with Gasteiger partial charge in [0.25, 0.3) is 0 Å². The summed E-state index contributed by atoms with van der Waals surface area (Å²) in [6.07, 6.45) is 3.25. The second-order valence-corrected chi connectivity index (χ2v) is 9.28. The number of aliphatic hydroxyl groups is 1. The highest BCUT2D eigenvalue weighted by Crippen LogP contribution is 2.40. The van der Waals surface area contributed by atoms with Crippen molar-refractivity contribution in [3.8, 4) is 0 Å². The highest BCUT2D eigenvalue weighted by Gasteiger charge is 2.37. The average molecular weight is 415 g/mol. The number of hydrogen-bond donors (Lipinski definition) is 1. The Balaban J connectivity index is 1.51. The lowest BCUT2D eigenvalue weighted by Gasteiger charge is -2.39. The summed E-state index contributed by atoms with van der Waals surface area (Å²) in [4.78, 5) is 2.35. The largest absolute Gasteiger partial charge is 0.385 e. The van der Waals surface area contributed by atoms with E-state index in [1.807, 2.05) is 12.1 Å². The predicted octanol–water partition coefficient (Wildman–Crippen LogP) is 4.88. The summed E-state index contributed by atoms with van der Waals surface area (Å²) in [6, 6.07) is 17.0. The maximum Gasteiger partial charge on any atom is 0.0974 e. The molecule has 2 aliphatic rings. The van der Waals surface area contributed by atoms with Gasteiger partial charge in [0, 0.05) is 55.8 Å². The number of hydrogen-bond acceptors (Lipinski definition) is 5. The molecule has 0 saturated carbocycles. The Hall–Kier alpha value is -1.37. The van der Waals surface area contributed by atoms with E-state index >= 15 is 0 Å². The van der Waals surface area contributed by atoms with Crippen LogP contribution in [0.1, 0.15) is 43.7 Å². The van der Waals surface area contributed by atoms with Crippen molar-refractivity contribution in [3.05, 3.63) is 59.7 Å². The molecule has 4 rings (SSSR count). The first-order valence-corrected chi connectivity index (χ1v) is 11.2. The Morgan fingerprint density at radius 3 is 2.41 bits per heavy atom. The van der Waals surface area contributed by atoms with Crippen molar-refractivity contribution >= 4 is 11.8 Å². The van der Waals surface area contributed by atoms with Gasteiger partial charge in [0.05, 0.1) is 23.9 Å². The lowest BCUT2D eigenvalue weighted by Crippen LogP contribution is -2.39. The van der Waals surface area contributed by atoms with Crippen molar-refractivity contribution < 1.29 is 19.3 Å². The van der Waals surface area contributed by atoms with Crippen molar-refractivity contribution in [2.75, 3.05) is 26.9 Å². The standard InChI is InChI=1S/C24H30O4S/c1-18-17-24(26-2,12-15-28-18)20-4-3-5-22(16-20)29-21-8-6-19(7-9-21)23(25)10-13-27-14-11-23/h3-9,16,18,25H,10-15,17H2,1-2H3/t18-,24?/m1/s1. The molecule has 2 heterocycles. The van der Waals surface area contributed by atoms with Crippen LogP contribution in [0, 0.1) is 0 Å². The normalized spacial score (nSPS) is 26.9. The third-order valence-electron chi connectivity index (χ3n) is 6.22. The molecule has 4 nitrogen and oxygen atoms in total. The van der Waals surface area contributed by atoms with Crippen LogP contribution in [0.15, 0.2) is 58.3 Å². The van der Waals surface area contributed by atoms with Crippen LogP contribution in [-0.4, -0.2) is 38.1 Å². The third kappa shape index (κ3) is 4.54. The minimum absolute atomic E-state index is 0.198. The molecule has 2 atom stereocenters. The fourth-order valence-corrected chi connectivity index (χ4v) is 5.30. The molecular weight excluding hydrogens is 384 g/mol. The van der Waals surface area contributed by atoms with Crippen molar-refractivity contribution in [1.29, 1.82) is 0 Å². The second kappa shape index (κ2) is 8.78. The lowest BCUT2D eigenvalue weighted by atomic mass is 9.84. The molecular formula is C24H30O4S. The molecule has 1 unspecified atom stereocenters. The van der Waals surface area contributed by atoms with Crippen LogP contribution in [-0.2, 0) is 25.4 Å². The molecule has 0 aliphatic carbocycles. The number of methoxy groups -OCH3 is 1. The summed E-state index contributed by atoms with van der Waals surface area (Å²) < 4.78 is 17.1. The third-order valence-corrected chi connectivity index (χ3v) is 7.22. The Bertz CT molecular complexity index is 816. The van der Waals surface area contributed by atoms with E-state index in [0.29, 0.717) is 26.1 Å². The van der Waals surface area contributed by atoms with Gasteiger partial charge < -0.3 is 19.3 Å². The van der Waals surface area contributed by atoms with Crippen LogP contribution in [0.3, 0.4) is 0 Å². The molecule has 0 aromatic heterocycles. The highest BCUT2D eigenvalue weighted by molar-refractivity contribution is 7.99. The van der Waals surface area contributed by atoms with Gasteiger partial charge in [0.1, 0.15) is 0 Å². The van der Waals surface area contributed by atoms with E-state index in [-0.39, 0.29) is 11.7 Å². The summed E-state index contributed by atoms with van der Waals surface area (Å²) in [7, 11) is 1.80. The molecule has 2 saturated heterocycles. The van der Waals surface area contributed by atoms with Gasteiger partial charge in [0.15, 0.2) is 0 Å². The maximum atomic E-state index is 10.9. The molecule has 2 aliphatic heterocycles. The Kier molecular flexibility index (Phi) is 6.32. The number of rotatable bonds is 5. The zero-order valence-corrected chi connectivity index (χ0v) is 18.0. The summed E-state index contributed by atoms with van der Waals surface area (Å²) in [5, 5.41) is 10.9. The number of ether oxygens (including phenoxy) is 3. The van der Waals surface area contributed by atoms with Gasteiger partial charge >= 0.3 is 0 Å². The zero-order valence-electron chi connectivity index (χ0n) is 17.2. The SMILES string of the molecule is COC1(c2cccc(Sc3ccc(C4(O)CCOCC4)cc3)c2)CCO[C@H](C)C1. The quantitative estimate of drug-likeness (QED) is 0.756. The van der Waals surface area contributed by atoms with Crippen LogP contribution in [0.4, 0.5) is 0 Å². The first-order valence-electron chi connectivity index (χ1n) is 10.4. The van der Waals surface area contributed by atoms with Crippen molar-refractivity contribution in [3.63, 3.8) is 0 Å². The molecule has 0 spiro atoms. The Labute approximate surface area is 177 Å². The van der Waals surface area contributed by atoms with Gasteiger partial charge in [-0.3, -0.25) is 0 Å². The van der Waals surface area contributed by atoms with Crippen LogP contribution >= 0.6 is 11.8 Å². The van der Waals surface area contributed by atoms with Crippen molar-refractivity contribution in [1.82, 2.24) is 0 Å². The predicted molar refractivity (Wildman–Crippen MR) is 114 cm³/mol. The molecule has 5 heteroatoms. The summed E-state index contributed by atoms with van der Waals surface area (Å²) in [6.45, 7) is 4.07. The van der Waals surface area contributed by atoms with Gasteiger partial charge in [-0.2, -0.15) is 0 Å². The molecule has 0 bridgehead atoms. The molecule has 156 valence electrons. The molecule has 29 heavy (non-hydrogen) atoms. The van der Waals surface area contributed by atoms with E-state index in [4.69, 9.17) is 14.2 Å². The van der Waals surface area contributed by atoms with Gasteiger partial charge in [-0.1, -0.05) is 36.0 Å². The van der Waals surface area contributed by atoms with Crippen LogP contribution in [0.25, 0.3) is 0 Å². The van der Waals surface area contributed by atoms with Crippen molar-refractivity contribution in [2.24, 2.45) is 0 Å². The first kappa shape index (κ1) is 20.9. The molecule has 0 amide bonds. The van der Waals surface area contributed by atoms with Gasteiger partial charge in [-0.25, -0.2) is 0 Å². The Morgan fingerprint density at radius 1 is 0.966 bits per heavy atom. The fraction of sp³-hybridized carbons (Fsp3) is 0.500. The van der Waals surface area contributed by atoms with E-state index in [0.717, 1.165) is 29.9 Å². The van der Waals surface area contributed by atoms with Gasteiger partial charge in [-0.05, 0) is 42.3 Å².